The summed E-state index contributed by atoms with van der Waals surface area (Å²) in [5.41, 5.74) is 2.55. The van der Waals surface area contributed by atoms with Gasteiger partial charge in [-0.2, -0.15) is 12.2 Å². The van der Waals surface area contributed by atoms with Crippen LogP contribution in [0.25, 0.3) is 0 Å². The molecule has 2 aliphatic carbocycles. The fraction of sp³-hybridized carbons (Fsp3) is 0.333. The van der Waals surface area contributed by atoms with Crippen LogP contribution in [0.15, 0.2) is 35.5 Å². The van der Waals surface area contributed by atoms with Gasteiger partial charge in [-0.3, -0.25) is 12.2 Å². The minimum atomic E-state index is 0. The minimum absolute atomic E-state index is 0. The van der Waals surface area contributed by atoms with Crippen LogP contribution in [0, 0.1) is 52.5 Å². The van der Waals surface area contributed by atoms with Gasteiger partial charge in [-0.1, -0.05) is 13.8 Å². The van der Waals surface area contributed by atoms with E-state index in [2.05, 4.69) is 50.3 Å². The quantitative estimate of drug-likeness (QED) is 0.601. The molecule has 2 aliphatic rings. The Kier molecular flexibility index (Phi) is 7.85. The van der Waals surface area contributed by atoms with Crippen molar-refractivity contribution in [2.24, 2.45) is 0 Å². The van der Waals surface area contributed by atoms with Gasteiger partial charge in [0.1, 0.15) is 0 Å². The van der Waals surface area contributed by atoms with Crippen LogP contribution in [0.1, 0.15) is 28.1 Å². The molecule has 0 heterocycles. The first-order chi connectivity index (χ1) is 5.79. The Bertz CT molecular complexity index is 226. The van der Waals surface area contributed by atoms with Gasteiger partial charge in [0.25, 0.3) is 0 Å². The maximum Gasteiger partial charge on any atom is 3.00 e. The summed E-state index contributed by atoms with van der Waals surface area (Å²) in [4.78, 5) is 0. The van der Waals surface area contributed by atoms with Crippen LogP contribution >= 0.6 is 0 Å². The molecule has 0 aromatic rings. The standard InChI is InChI=1S/2C6H7.Sm.H/c2*1-6-4-2-3-5-6;;/h2*2,4H,3H2,1H3;;/q2*-1;+3;-1. The van der Waals surface area contributed by atoms with Crippen LogP contribution in [0.3, 0.4) is 0 Å². The summed E-state index contributed by atoms with van der Waals surface area (Å²) in [6.07, 6.45) is 16.7. The van der Waals surface area contributed by atoms with Crippen molar-refractivity contribution in [1.82, 2.24) is 0 Å². The second kappa shape index (κ2) is 7.68. The van der Waals surface area contributed by atoms with Gasteiger partial charge in [-0.05, 0) is 0 Å². The van der Waals surface area contributed by atoms with Crippen molar-refractivity contribution in [2.75, 3.05) is 0 Å². The second-order valence-electron chi connectivity index (χ2n) is 2.93. The predicted octanol–water partition coefficient (Wildman–Crippen LogP) is 3.50. The zero-order valence-electron chi connectivity index (χ0n) is 9.13. The molecular formula is C12H15Sm. The Balaban J connectivity index is 0. The van der Waals surface area contributed by atoms with Crippen molar-refractivity contribution >= 4 is 0 Å². The number of allylic oxidation sites excluding steroid dienone is 8. The smallest absolute Gasteiger partial charge is 1.00 e. The van der Waals surface area contributed by atoms with Gasteiger partial charge in [0.15, 0.2) is 0 Å². The third-order valence-electron chi connectivity index (χ3n) is 1.73. The Morgan fingerprint density at radius 2 is 1.38 bits per heavy atom. The van der Waals surface area contributed by atoms with Gasteiger partial charge in [0, 0.05) is 0 Å². The summed E-state index contributed by atoms with van der Waals surface area (Å²) in [6, 6.07) is 0. The van der Waals surface area contributed by atoms with Crippen LogP contribution in [0.2, 0.25) is 0 Å². The third kappa shape index (κ3) is 6.38. The van der Waals surface area contributed by atoms with E-state index in [4.69, 9.17) is 0 Å². The molecule has 0 amide bonds. The molecular weight excluding hydrogens is 294 g/mol. The van der Waals surface area contributed by atoms with Crippen LogP contribution in [0.4, 0.5) is 0 Å². The van der Waals surface area contributed by atoms with E-state index >= 15 is 0 Å². The first-order valence-electron chi connectivity index (χ1n) is 4.27. The van der Waals surface area contributed by atoms with Crippen LogP contribution in [-0.2, 0) is 0 Å². The molecule has 69 valence electrons. The van der Waals surface area contributed by atoms with Crippen molar-refractivity contribution in [3.63, 3.8) is 0 Å². The molecule has 0 aromatic heterocycles. The van der Waals surface area contributed by atoms with Gasteiger partial charge in [-0.25, -0.2) is 23.3 Å². The second-order valence-corrected chi connectivity index (χ2v) is 2.93. The fourth-order valence-corrected chi connectivity index (χ4v) is 1.03. The molecule has 0 fully saturated rings. The van der Waals surface area contributed by atoms with Crippen LogP contribution in [-0.4, -0.2) is 0 Å². The van der Waals surface area contributed by atoms with E-state index in [0.717, 1.165) is 12.8 Å². The average Bonchev–Trinajstić information content (AvgIpc) is 2.63. The number of hydrogen-bond donors (Lipinski definition) is 0. The zero-order valence-corrected chi connectivity index (χ0v) is 10.8. The first kappa shape index (κ1) is 13.3. The molecule has 1 radical (unpaired) electrons. The first-order valence-corrected chi connectivity index (χ1v) is 4.27. The third-order valence-corrected chi connectivity index (χ3v) is 1.73. The molecule has 2 rings (SSSR count). The van der Waals surface area contributed by atoms with E-state index in [-0.39, 0.29) is 41.8 Å². The van der Waals surface area contributed by atoms with Gasteiger partial charge >= 0.3 is 40.4 Å². The average molecular weight is 310 g/mol. The molecule has 0 unspecified atom stereocenters. The topological polar surface area (TPSA) is 0 Å². The van der Waals surface area contributed by atoms with Gasteiger partial charge in [0.2, 0.25) is 0 Å². The Hall–Kier alpha value is 0.298. The van der Waals surface area contributed by atoms with E-state index < -0.39 is 0 Å². The minimum Gasteiger partial charge on any atom is -1.00 e. The summed E-state index contributed by atoms with van der Waals surface area (Å²) >= 11 is 0. The predicted molar refractivity (Wildman–Crippen MR) is 53.5 cm³/mol. The summed E-state index contributed by atoms with van der Waals surface area (Å²) < 4.78 is 0. The molecule has 0 bridgehead atoms. The van der Waals surface area contributed by atoms with E-state index in [0.29, 0.717) is 0 Å². The largest absolute Gasteiger partial charge is 3.00 e. The van der Waals surface area contributed by atoms with Crippen molar-refractivity contribution in [1.29, 1.82) is 0 Å². The van der Waals surface area contributed by atoms with E-state index in [1.807, 2.05) is 0 Å². The van der Waals surface area contributed by atoms with Crippen molar-refractivity contribution in [3.8, 4) is 0 Å². The summed E-state index contributed by atoms with van der Waals surface area (Å²) in [5.74, 6) is 0. The molecule has 0 atom stereocenters. The number of rotatable bonds is 0. The van der Waals surface area contributed by atoms with Crippen LogP contribution in [0.5, 0.6) is 0 Å². The van der Waals surface area contributed by atoms with Crippen molar-refractivity contribution in [3.05, 3.63) is 47.6 Å². The molecule has 13 heavy (non-hydrogen) atoms. The Labute approximate surface area is 115 Å². The molecule has 0 nitrogen and oxygen atoms in total. The summed E-state index contributed by atoms with van der Waals surface area (Å²) in [6.45, 7) is 4.12. The molecule has 0 saturated carbocycles. The SMILES string of the molecule is CC1=[C-]CC=C1.CC1=[C-]CC=C1.[H-].[Sm+3]. The van der Waals surface area contributed by atoms with Gasteiger partial charge < -0.3 is 1.43 Å². The monoisotopic (exact) mass is 311 g/mol. The summed E-state index contributed by atoms with van der Waals surface area (Å²) in [5, 5.41) is 0. The zero-order chi connectivity index (χ0) is 8.81. The van der Waals surface area contributed by atoms with Crippen LogP contribution < -0.4 is 0 Å². The van der Waals surface area contributed by atoms with Gasteiger partial charge in [-0.15, -0.1) is 12.8 Å². The maximum atomic E-state index is 3.12. The molecule has 1 heteroatoms. The Morgan fingerprint density at radius 1 is 1.00 bits per heavy atom. The molecule has 0 spiro atoms. The molecule has 0 aliphatic heterocycles. The molecule has 0 N–H and O–H groups in total. The Morgan fingerprint density at radius 3 is 1.46 bits per heavy atom. The summed E-state index contributed by atoms with van der Waals surface area (Å²) in [7, 11) is 0. The van der Waals surface area contributed by atoms with E-state index in [1.54, 1.807) is 0 Å². The molecule has 0 saturated heterocycles. The molecule has 0 aromatic carbocycles. The normalized spacial score (nSPS) is 17.1. The van der Waals surface area contributed by atoms with Crippen molar-refractivity contribution in [2.45, 2.75) is 26.7 Å². The van der Waals surface area contributed by atoms with E-state index in [9.17, 15) is 0 Å². The fourth-order valence-electron chi connectivity index (χ4n) is 1.03. The van der Waals surface area contributed by atoms with Crippen molar-refractivity contribution < 1.29 is 41.8 Å². The number of hydrogen-bond acceptors (Lipinski definition) is 0. The van der Waals surface area contributed by atoms with E-state index in [1.165, 1.54) is 11.1 Å². The van der Waals surface area contributed by atoms with Gasteiger partial charge in [0.05, 0.1) is 0 Å². The maximum absolute atomic E-state index is 3.12.